The maximum Gasteiger partial charge on any atom is 0.225 e. The molecule has 0 radical (unpaired) electrons. The van der Waals surface area contributed by atoms with E-state index in [2.05, 4.69) is 47.3 Å². The maximum atomic E-state index is 11.8. The molecule has 100 valence electrons. The zero-order valence-electron chi connectivity index (χ0n) is 11.2. The molecule has 0 aliphatic rings. The second kappa shape index (κ2) is 7.54. The molecule has 0 saturated heterocycles. The van der Waals surface area contributed by atoms with Gasteiger partial charge in [0.15, 0.2) is 0 Å². The summed E-state index contributed by atoms with van der Waals surface area (Å²) < 4.78 is 1.04. The van der Waals surface area contributed by atoms with Crippen molar-refractivity contribution in [2.24, 2.45) is 0 Å². The average molecular weight is 313 g/mol. The Hall–Kier alpha value is -0.870. The summed E-state index contributed by atoms with van der Waals surface area (Å²) in [7, 11) is 0. The molecule has 0 atom stereocenters. The molecule has 0 aliphatic carbocycles. The van der Waals surface area contributed by atoms with Crippen LogP contribution < -0.4 is 10.6 Å². The van der Waals surface area contributed by atoms with Crippen molar-refractivity contribution in [3.05, 3.63) is 28.2 Å². The summed E-state index contributed by atoms with van der Waals surface area (Å²) in [6, 6.07) is 6.34. The third-order valence-electron chi connectivity index (χ3n) is 2.63. The first-order chi connectivity index (χ1) is 8.52. The van der Waals surface area contributed by atoms with E-state index in [9.17, 15) is 4.79 Å². The lowest BCUT2D eigenvalue weighted by atomic mass is 10.1. The highest BCUT2D eigenvalue weighted by Crippen LogP contribution is 2.21. The van der Waals surface area contributed by atoms with Gasteiger partial charge in [-0.25, -0.2) is 0 Å². The third kappa shape index (κ3) is 5.19. The summed E-state index contributed by atoms with van der Waals surface area (Å²) in [5, 5.41) is 6.19. The van der Waals surface area contributed by atoms with Crippen LogP contribution in [-0.4, -0.2) is 18.5 Å². The van der Waals surface area contributed by atoms with Gasteiger partial charge in [-0.2, -0.15) is 0 Å². The number of aryl methyl sites for hydroxylation is 1. The summed E-state index contributed by atoms with van der Waals surface area (Å²) in [4.78, 5) is 11.8. The zero-order valence-corrected chi connectivity index (χ0v) is 12.8. The van der Waals surface area contributed by atoms with E-state index in [-0.39, 0.29) is 5.91 Å². The largest absolute Gasteiger partial charge is 0.326 e. The number of hydrogen-bond acceptors (Lipinski definition) is 2. The fourth-order valence-electron chi connectivity index (χ4n) is 1.66. The molecule has 18 heavy (non-hydrogen) atoms. The van der Waals surface area contributed by atoms with Crippen LogP contribution in [0.15, 0.2) is 22.7 Å². The third-order valence-corrected chi connectivity index (χ3v) is 3.12. The normalized spacial score (nSPS) is 10.7. The number of nitrogens with one attached hydrogen (secondary N) is 2. The van der Waals surface area contributed by atoms with Crippen LogP contribution >= 0.6 is 15.9 Å². The number of carbonyl (C=O) groups is 1. The van der Waals surface area contributed by atoms with Crippen molar-refractivity contribution in [3.8, 4) is 0 Å². The Morgan fingerprint density at radius 3 is 2.72 bits per heavy atom. The summed E-state index contributed by atoms with van der Waals surface area (Å²) in [5.41, 5.74) is 2.06. The Balaban J connectivity index is 2.53. The SMILES string of the molecule is CCc1cc(Br)ccc1NC(=O)CCNC(C)C. The standard InChI is InChI=1S/C14H21BrN2O/c1-4-11-9-12(15)5-6-13(11)17-14(18)7-8-16-10(2)3/h5-6,9-10,16H,4,7-8H2,1-3H3,(H,17,18). The van der Waals surface area contributed by atoms with E-state index in [1.807, 2.05) is 18.2 Å². The smallest absolute Gasteiger partial charge is 0.225 e. The molecule has 4 heteroatoms. The molecule has 0 spiro atoms. The van der Waals surface area contributed by atoms with Crippen molar-refractivity contribution >= 4 is 27.5 Å². The lowest BCUT2D eigenvalue weighted by molar-refractivity contribution is -0.116. The Morgan fingerprint density at radius 2 is 2.11 bits per heavy atom. The number of rotatable bonds is 6. The highest BCUT2D eigenvalue weighted by atomic mass is 79.9. The molecule has 1 amide bonds. The van der Waals surface area contributed by atoms with Crippen LogP contribution in [0, 0.1) is 0 Å². The average Bonchev–Trinajstić information content (AvgIpc) is 2.31. The molecular formula is C14H21BrN2O. The number of anilines is 1. The van der Waals surface area contributed by atoms with Gasteiger partial charge in [0, 0.05) is 29.2 Å². The molecule has 0 aliphatic heterocycles. The molecule has 0 saturated carbocycles. The minimum Gasteiger partial charge on any atom is -0.326 e. The maximum absolute atomic E-state index is 11.8. The molecule has 2 N–H and O–H groups in total. The number of hydrogen-bond donors (Lipinski definition) is 2. The van der Waals surface area contributed by atoms with Gasteiger partial charge in [-0.05, 0) is 30.2 Å². The first kappa shape index (κ1) is 15.2. The van der Waals surface area contributed by atoms with Crippen LogP contribution in [0.4, 0.5) is 5.69 Å². The second-order valence-electron chi connectivity index (χ2n) is 4.56. The van der Waals surface area contributed by atoms with E-state index in [0.29, 0.717) is 19.0 Å². The summed E-state index contributed by atoms with van der Waals surface area (Å²) >= 11 is 3.44. The fourth-order valence-corrected chi connectivity index (χ4v) is 2.07. The molecule has 0 bridgehead atoms. The van der Waals surface area contributed by atoms with E-state index in [1.54, 1.807) is 0 Å². The van der Waals surface area contributed by atoms with Crippen molar-refractivity contribution in [2.45, 2.75) is 39.7 Å². The highest BCUT2D eigenvalue weighted by molar-refractivity contribution is 9.10. The lowest BCUT2D eigenvalue weighted by Crippen LogP contribution is -2.27. The summed E-state index contributed by atoms with van der Waals surface area (Å²) in [6.45, 7) is 6.93. The number of carbonyl (C=O) groups excluding carboxylic acids is 1. The van der Waals surface area contributed by atoms with Gasteiger partial charge < -0.3 is 10.6 Å². The minimum absolute atomic E-state index is 0.0557. The predicted octanol–water partition coefficient (Wildman–Crippen LogP) is 3.34. The van der Waals surface area contributed by atoms with Crippen molar-refractivity contribution < 1.29 is 4.79 Å². The Labute approximate surface area is 117 Å². The van der Waals surface area contributed by atoms with Gasteiger partial charge in [0.25, 0.3) is 0 Å². The van der Waals surface area contributed by atoms with Crippen molar-refractivity contribution in [1.82, 2.24) is 5.32 Å². The Bertz CT molecular complexity index is 405. The topological polar surface area (TPSA) is 41.1 Å². The van der Waals surface area contributed by atoms with Gasteiger partial charge in [-0.3, -0.25) is 4.79 Å². The van der Waals surface area contributed by atoms with Crippen molar-refractivity contribution in [2.75, 3.05) is 11.9 Å². The first-order valence-electron chi connectivity index (χ1n) is 6.34. The molecule has 1 rings (SSSR count). The summed E-state index contributed by atoms with van der Waals surface area (Å²) in [5.74, 6) is 0.0557. The van der Waals surface area contributed by atoms with Gasteiger partial charge in [-0.15, -0.1) is 0 Å². The van der Waals surface area contributed by atoms with Crippen LogP contribution in [0.3, 0.4) is 0 Å². The predicted molar refractivity (Wildman–Crippen MR) is 79.9 cm³/mol. The highest BCUT2D eigenvalue weighted by Gasteiger charge is 2.06. The van der Waals surface area contributed by atoms with Gasteiger partial charge in [0.1, 0.15) is 0 Å². The van der Waals surface area contributed by atoms with Gasteiger partial charge >= 0.3 is 0 Å². The molecule has 3 nitrogen and oxygen atoms in total. The minimum atomic E-state index is 0.0557. The Morgan fingerprint density at radius 1 is 1.39 bits per heavy atom. The van der Waals surface area contributed by atoms with E-state index in [1.165, 1.54) is 0 Å². The fraction of sp³-hybridized carbons (Fsp3) is 0.500. The second-order valence-corrected chi connectivity index (χ2v) is 5.48. The molecular weight excluding hydrogens is 292 g/mol. The Kier molecular flexibility index (Phi) is 6.36. The van der Waals surface area contributed by atoms with Crippen LogP contribution in [0.25, 0.3) is 0 Å². The number of halogens is 1. The van der Waals surface area contributed by atoms with Gasteiger partial charge in [0.2, 0.25) is 5.91 Å². The first-order valence-corrected chi connectivity index (χ1v) is 7.14. The zero-order chi connectivity index (χ0) is 13.5. The van der Waals surface area contributed by atoms with Crippen LogP contribution in [0.5, 0.6) is 0 Å². The summed E-state index contributed by atoms with van der Waals surface area (Å²) in [6.07, 6.45) is 1.40. The molecule has 0 unspecified atom stereocenters. The van der Waals surface area contributed by atoms with Crippen LogP contribution in [-0.2, 0) is 11.2 Å². The van der Waals surface area contributed by atoms with E-state index < -0.39 is 0 Å². The molecule has 1 aromatic carbocycles. The quantitative estimate of drug-likeness (QED) is 0.846. The molecule has 0 fully saturated rings. The molecule has 1 aromatic rings. The van der Waals surface area contributed by atoms with Crippen molar-refractivity contribution in [1.29, 1.82) is 0 Å². The number of amides is 1. The molecule has 0 aromatic heterocycles. The molecule has 0 heterocycles. The number of benzene rings is 1. The van der Waals surface area contributed by atoms with Crippen LogP contribution in [0.1, 0.15) is 32.8 Å². The van der Waals surface area contributed by atoms with Crippen molar-refractivity contribution in [3.63, 3.8) is 0 Å². The monoisotopic (exact) mass is 312 g/mol. The van der Waals surface area contributed by atoms with Gasteiger partial charge in [-0.1, -0.05) is 36.7 Å². The van der Waals surface area contributed by atoms with Gasteiger partial charge in [0.05, 0.1) is 0 Å². The van der Waals surface area contributed by atoms with Crippen LogP contribution in [0.2, 0.25) is 0 Å². The van der Waals surface area contributed by atoms with E-state index in [0.717, 1.165) is 22.1 Å². The lowest BCUT2D eigenvalue weighted by Gasteiger charge is -2.11. The van der Waals surface area contributed by atoms with E-state index in [4.69, 9.17) is 0 Å². The van der Waals surface area contributed by atoms with E-state index >= 15 is 0 Å².